The summed E-state index contributed by atoms with van der Waals surface area (Å²) in [4.78, 5) is 16.0. The molecule has 0 spiro atoms. The Morgan fingerprint density at radius 1 is 1.42 bits per heavy atom. The molecule has 0 fully saturated rings. The number of nitrogens with one attached hydrogen (secondary N) is 1. The first-order chi connectivity index (χ1) is 9.04. The summed E-state index contributed by atoms with van der Waals surface area (Å²) < 4.78 is 6.70. The maximum absolute atomic E-state index is 11.8. The Kier molecular flexibility index (Phi) is 6.56. The third-order valence-electron chi connectivity index (χ3n) is 2.93. The highest BCUT2D eigenvalue weighted by molar-refractivity contribution is 5.06. The van der Waals surface area contributed by atoms with Crippen LogP contribution in [-0.4, -0.2) is 29.8 Å². The molecule has 5 nitrogen and oxygen atoms in total. The number of methoxy groups -OCH3 is 1. The van der Waals surface area contributed by atoms with E-state index < -0.39 is 0 Å². The lowest BCUT2D eigenvalue weighted by Crippen LogP contribution is -2.29. The van der Waals surface area contributed by atoms with Crippen molar-refractivity contribution in [3.05, 3.63) is 22.1 Å². The number of aromatic nitrogens is 2. The van der Waals surface area contributed by atoms with Crippen LogP contribution >= 0.6 is 0 Å². The molecular formula is C14H25N3O2. The number of rotatable bonds is 8. The van der Waals surface area contributed by atoms with Crippen LogP contribution < -0.4 is 15.6 Å². The maximum Gasteiger partial charge on any atom is 0.299 e. The molecule has 0 aliphatic rings. The minimum absolute atomic E-state index is 0.0617. The van der Waals surface area contributed by atoms with E-state index in [-0.39, 0.29) is 5.56 Å². The van der Waals surface area contributed by atoms with Crippen molar-refractivity contribution in [3.63, 3.8) is 0 Å². The molecular weight excluding hydrogens is 242 g/mol. The Balaban J connectivity index is 2.43. The summed E-state index contributed by atoms with van der Waals surface area (Å²) in [6.45, 7) is 8.55. The first-order valence-corrected chi connectivity index (χ1v) is 6.87. The van der Waals surface area contributed by atoms with Gasteiger partial charge in [0.2, 0.25) is 0 Å². The van der Waals surface area contributed by atoms with E-state index in [0.29, 0.717) is 18.2 Å². The van der Waals surface area contributed by atoms with Crippen LogP contribution in [0.3, 0.4) is 0 Å². The fourth-order valence-electron chi connectivity index (χ4n) is 1.91. The molecule has 1 aromatic heterocycles. The van der Waals surface area contributed by atoms with E-state index in [1.54, 1.807) is 11.5 Å². The lowest BCUT2D eigenvalue weighted by atomic mass is 10.1. The van der Waals surface area contributed by atoms with Gasteiger partial charge >= 0.3 is 0 Å². The molecule has 0 aromatic carbocycles. The molecule has 1 N–H and O–H groups in total. The van der Waals surface area contributed by atoms with Gasteiger partial charge in [-0.1, -0.05) is 13.8 Å². The number of hydrogen-bond donors (Lipinski definition) is 1. The first kappa shape index (κ1) is 15.7. The second-order valence-electron chi connectivity index (χ2n) is 5.16. The molecule has 0 aliphatic heterocycles. The standard InChI is InChI=1S/C14H25N3O2/c1-11(2)6-5-7-15-8-9-17-13(18)10-12(3)16-14(17)19-4/h10-11,15H,5-9H2,1-4H3. The Morgan fingerprint density at radius 3 is 2.79 bits per heavy atom. The van der Waals surface area contributed by atoms with Crippen molar-refractivity contribution in [2.24, 2.45) is 5.92 Å². The molecule has 19 heavy (non-hydrogen) atoms. The zero-order chi connectivity index (χ0) is 14.3. The van der Waals surface area contributed by atoms with Crippen molar-refractivity contribution in [1.82, 2.24) is 14.9 Å². The van der Waals surface area contributed by atoms with Crippen molar-refractivity contribution in [2.45, 2.75) is 40.2 Å². The van der Waals surface area contributed by atoms with E-state index in [1.807, 2.05) is 0 Å². The number of ether oxygens (including phenoxy) is 1. The summed E-state index contributed by atoms with van der Waals surface area (Å²) in [5.41, 5.74) is 0.622. The van der Waals surface area contributed by atoms with E-state index in [2.05, 4.69) is 24.1 Å². The van der Waals surface area contributed by atoms with Gasteiger partial charge in [0.25, 0.3) is 11.6 Å². The average molecular weight is 267 g/mol. The normalized spacial score (nSPS) is 11.0. The van der Waals surface area contributed by atoms with Crippen LogP contribution in [-0.2, 0) is 6.54 Å². The molecule has 0 unspecified atom stereocenters. The fourth-order valence-corrected chi connectivity index (χ4v) is 1.91. The summed E-state index contributed by atoms with van der Waals surface area (Å²) in [6, 6.07) is 1.91. The maximum atomic E-state index is 11.8. The Labute approximate surface area is 115 Å². The predicted octanol–water partition coefficient (Wildman–Crippen LogP) is 1.59. The van der Waals surface area contributed by atoms with Gasteiger partial charge in [-0.15, -0.1) is 0 Å². The molecule has 0 saturated heterocycles. The SMILES string of the molecule is COc1nc(C)cc(=O)n1CCNCCCC(C)C. The molecule has 1 rings (SSSR count). The van der Waals surface area contributed by atoms with E-state index >= 15 is 0 Å². The summed E-state index contributed by atoms with van der Waals surface area (Å²) in [6.07, 6.45) is 2.39. The zero-order valence-corrected chi connectivity index (χ0v) is 12.4. The minimum atomic E-state index is -0.0617. The highest BCUT2D eigenvalue weighted by Gasteiger charge is 2.06. The summed E-state index contributed by atoms with van der Waals surface area (Å²) >= 11 is 0. The van der Waals surface area contributed by atoms with Gasteiger partial charge in [0.05, 0.1) is 7.11 Å². The van der Waals surface area contributed by atoms with E-state index in [9.17, 15) is 4.79 Å². The molecule has 0 saturated carbocycles. The van der Waals surface area contributed by atoms with Gasteiger partial charge in [-0.3, -0.25) is 9.36 Å². The van der Waals surface area contributed by atoms with Crippen LogP contribution in [0.5, 0.6) is 6.01 Å². The summed E-state index contributed by atoms with van der Waals surface area (Å²) in [7, 11) is 1.54. The van der Waals surface area contributed by atoms with Gasteiger partial charge in [-0.25, -0.2) is 4.98 Å². The van der Waals surface area contributed by atoms with Crippen LogP contribution in [0.15, 0.2) is 10.9 Å². The topological polar surface area (TPSA) is 56.1 Å². The molecule has 1 aromatic rings. The van der Waals surface area contributed by atoms with Crippen LogP contribution in [0.25, 0.3) is 0 Å². The first-order valence-electron chi connectivity index (χ1n) is 6.87. The van der Waals surface area contributed by atoms with Crippen molar-refractivity contribution >= 4 is 0 Å². The second-order valence-corrected chi connectivity index (χ2v) is 5.16. The van der Waals surface area contributed by atoms with Gasteiger partial charge in [0, 0.05) is 24.8 Å². The van der Waals surface area contributed by atoms with Crippen LogP contribution in [0.1, 0.15) is 32.4 Å². The highest BCUT2D eigenvalue weighted by Crippen LogP contribution is 2.04. The minimum Gasteiger partial charge on any atom is -0.468 e. The van der Waals surface area contributed by atoms with Crippen LogP contribution in [0.2, 0.25) is 0 Å². The molecule has 5 heteroatoms. The van der Waals surface area contributed by atoms with Gasteiger partial charge in [-0.2, -0.15) is 0 Å². The highest BCUT2D eigenvalue weighted by atomic mass is 16.5. The largest absolute Gasteiger partial charge is 0.468 e. The third-order valence-corrected chi connectivity index (χ3v) is 2.93. The van der Waals surface area contributed by atoms with Crippen molar-refractivity contribution in [1.29, 1.82) is 0 Å². The van der Waals surface area contributed by atoms with Crippen molar-refractivity contribution < 1.29 is 4.74 Å². The quantitative estimate of drug-likeness (QED) is 0.727. The van der Waals surface area contributed by atoms with E-state index in [4.69, 9.17) is 4.74 Å². The number of hydrogen-bond acceptors (Lipinski definition) is 4. The molecule has 0 radical (unpaired) electrons. The third kappa shape index (κ3) is 5.42. The average Bonchev–Trinajstić information content (AvgIpc) is 2.34. The Hall–Kier alpha value is -1.36. The van der Waals surface area contributed by atoms with Crippen LogP contribution in [0, 0.1) is 12.8 Å². The molecule has 0 aliphatic carbocycles. The van der Waals surface area contributed by atoms with Gasteiger partial charge in [-0.05, 0) is 32.2 Å². The predicted molar refractivity (Wildman–Crippen MR) is 76.7 cm³/mol. The number of aryl methyl sites for hydroxylation is 1. The van der Waals surface area contributed by atoms with E-state index in [0.717, 1.165) is 25.4 Å². The van der Waals surface area contributed by atoms with E-state index in [1.165, 1.54) is 19.6 Å². The Bertz CT molecular complexity index is 441. The fraction of sp³-hybridized carbons (Fsp3) is 0.714. The summed E-state index contributed by atoms with van der Waals surface area (Å²) in [5.74, 6) is 0.741. The zero-order valence-electron chi connectivity index (χ0n) is 12.4. The molecule has 1 heterocycles. The van der Waals surface area contributed by atoms with Gasteiger partial charge in [0.1, 0.15) is 0 Å². The van der Waals surface area contributed by atoms with Crippen molar-refractivity contribution in [2.75, 3.05) is 20.2 Å². The number of nitrogens with zero attached hydrogens (tertiary/aromatic N) is 2. The molecule has 0 amide bonds. The van der Waals surface area contributed by atoms with Crippen molar-refractivity contribution in [3.8, 4) is 6.01 Å². The smallest absolute Gasteiger partial charge is 0.299 e. The lowest BCUT2D eigenvalue weighted by Gasteiger charge is -2.11. The van der Waals surface area contributed by atoms with Crippen LogP contribution in [0.4, 0.5) is 0 Å². The Morgan fingerprint density at radius 2 is 2.16 bits per heavy atom. The molecule has 0 bridgehead atoms. The van der Waals surface area contributed by atoms with Gasteiger partial charge in [0.15, 0.2) is 0 Å². The summed E-state index contributed by atoms with van der Waals surface area (Å²) in [5, 5.41) is 3.34. The van der Waals surface area contributed by atoms with Gasteiger partial charge < -0.3 is 10.1 Å². The molecule has 108 valence electrons. The molecule has 0 atom stereocenters. The lowest BCUT2D eigenvalue weighted by molar-refractivity contribution is 0.342. The second kappa shape index (κ2) is 7.94. The monoisotopic (exact) mass is 267 g/mol.